The smallest absolute Gasteiger partial charge is 0.301 e. The van der Waals surface area contributed by atoms with E-state index >= 15 is 0 Å². The number of hydrogen-bond donors (Lipinski definition) is 0. The van der Waals surface area contributed by atoms with E-state index in [4.69, 9.17) is 4.28 Å². The molecule has 0 N–H and O–H groups in total. The van der Waals surface area contributed by atoms with Gasteiger partial charge in [0.2, 0.25) is 0 Å². The SMILES string of the molecule is Cc1ccc(S(=O)(=O)ON2C3=C(CN(C)CC3)SC2Br)cc1. The molecule has 1 unspecified atom stereocenters. The summed E-state index contributed by atoms with van der Waals surface area (Å²) in [4.78, 5) is 3.54. The summed E-state index contributed by atoms with van der Waals surface area (Å²) in [7, 11) is -1.77. The van der Waals surface area contributed by atoms with Gasteiger partial charge in [-0.1, -0.05) is 29.5 Å². The van der Waals surface area contributed by atoms with Crippen molar-refractivity contribution in [3.05, 3.63) is 40.4 Å². The normalized spacial score (nSPS) is 23.0. The number of hydroxylamine groups is 2. The third kappa shape index (κ3) is 3.21. The average molecular weight is 405 g/mol. The summed E-state index contributed by atoms with van der Waals surface area (Å²) in [5.41, 5.74) is 1.97. The van der Waals surface area contributed by atoms with Gasteiger partial charge in [-0.3, -0.25) is 0 Å². The Bertz CT molecular complexity index is 703. The van der Waals surface area contributed by atoms with E-state index in [2.05, 4.69) is 27.9 Å². The van der Waals surface area contributed by atoms with E-state index in [1.807, 2.05) is 6.92 Å². The number of likely N-dealkylation sites (N-methyl/N-ethyl adjacent to an activating group) is 1. The molecule has 1 aromatic carbocycles. The number of halogens is 1. The summed E-state index contributed by atoms with van der Waals surface area (Å²) in [5, 5.41) is 1.49. The minimum atomic E-state index is -3.82. The van der Waals surface area contributed by atoms with Crippen molar-refractivity contribution in [3.63, 3.8) is 0 Å². The molecule has 0 aromatic heterocycles. The Balaban J connectivity index is 1.84. The van der Waals surface area contributed by atoms with Crippen LogP contribution in [0, 0.1) is 6.92 Å². The lowest BCUT2D eigenvalue weighted by atomic mass is 10.2. The molecular formula is C14H17BrN2O3S2. The zero-order valence-corrected chi connectivity index (χ0v) is 15.5. The van der Waals surface area contributed by atoms with Gasteiger partial charge in [0.25, 0.3) is 0 Å². The molecule has 0 aliphatic carbocycles. The Hall–Kier alpha value is -0.540. The predicted octanol–water partition coefficient (Wildman–Crippen LogP) is 2.89. The predicted molar refractivity (Wildman–Crippen MR) is 90.7 cm³/mol. The fourth-order valence-electron chi connectivity index (χ4n) is 2.41. The molecule has 0 amide bonds. The van der Waals surface area contributed by atoms with Crippen LogP contribution in [0.3, 0.4) is 0 Å². The van der Waals surface area contributed by atoms with E-state index in [1.54, 1.807) is 36.0 Å². The van der Waals surface area contributed by atoms with Crippen molar-refractivity contribution in [1.29, 1.82) is 0 Å². The lowest BCUT2D eigenvalue weighted by Crippen LogP contribution is -2.32. The molecule has 0 saturated carbocycles. The van der Waals surface area contributed by atoms with Gasteiger partial charge in [0, 0.05) is 24.4 Å². The lowest BCUT2D eigenvalue weighted by molar-refractivity contribution is -0.00468. The van der Waals surface area contributed by atoms with Crippen molar-refractivity contribution in [2.24, 2.45) is 0 Å². The quantitative estimate of drug-likeness (QED) is 0.570. The van der Waals surface area contributed by atoms with Crippen LogP contribution in [0.25, 0.3) is 0 Å². The molecule has 22 heavy (non-hydrogen) atoms. The monoisotopic (exact) mass is 404 g/mol. The molecule has 5 nitrogen and oxygen atoms in total. The van der Waals surface area contributed by atoms with Crippen molar-refractivity contribution in [2.45, 2.75) is 22.5 Å². The van der Waals surface area contributed by atoms with E-state index in [0.29, 0.717) is 0 Å². The Morgan fingerprint density at radius 2 is 2.00 bits per heavy atom. The van der Waals surface area contributed by atoms with Crippen LogP contribution in [0.2, 0.25) is 0 Å². The van der Waals surface area contributed by atoms with Crippen LogP contribution in [0.5, 0.6) is 0 Å². The number of nitrogens with zero attached hydrogens (tertiary/aromatic N) is 2. The van der Waals surface area contributed by atoms with Gasteiger partial charge in [-0.25, -0.2) is 5.06 Å². The molecule has 0 spiro atoms. The van der Waals surface area contributed by atoms with Crippen LogP contribution in [0.15, 0.2) is 39.8 Å². The standard InChI is InChI=1S/C14H17BrN2O3S2/c1-10-3-5-11(6-4-10)22(18,19)20-17-12-7-8-16(2)9-13(12)21-14(17)15/h3-6,14H,7-9H2,1-2H3. The fraction of sp³-hybridized carbons (Fsp3) is 0.429. The molecule has 3 rings (SSSR count). The minimum absolute atomic E-state index is 0.171. The van der Waals surface area contributed by atoms with Crippen molar-refractivity contribution < 1.29 is 12.7 Å². The molecule has 0 fully saturated rings. The number of aryl methyl sites for hydroxylation is 1. The third-order valence-electron chi connectivity index (χ3n) is 3.64. The summed E-state index contributed by atoms with van der Waals surface area (Å²) in [5.74, 6) is 0. The summed E-state index contributed by atoms with van der Waals surface area (Å²) in [6, 6.07) is 6.67. The van der Waals surface area contributed by atoms with Gasteiger partial charge in [0.05, 0.1) is 10.6 Å². The molecular weight excluding hydrogens is 388 g/mol. The van der Waals surface area contributed by atoms with Gasteiger partial charge in [0.1, 0.15) is 0 Å². The van der Waals surface area contributed by atoms with Crippen LogP contribution >= 0.6 is 27.7 Å². The number of alkyl halides is 1. The van der Waals surface area contributed by atoms with Crippen molar-refractivity contribution >= 4 is 37.8 Å². The molecule has 0 bridgehead atoms. The third-order valence-corrected chi connectivity index (χ3v) is 6.82. The van der Waals surface area contributed by atoms with Gasteiger partial charge in [-0.15, -0.1) is 4.28 Å². The van der Waals surface area contributed by atoms with Crippen molar-refractivity contribution in [1.82, 2.24) is 9.96 Å². The van der Waals surface area contributed by atoms with Crippen LogP contribution < -0.4 is 0 Å². The summed E-state index contributed by atoms with van der Waals surface area (Å²) < 4.78 is 30.1. The topological polar surface area (TPSA) is 49.9 Å². The van der Waals surface area contributed by atoms with E-state index in [1.165, 1.54) is 5.06 Å². The highest BCUT2D eigenvalue weighted by molar-refractivity contribution is 9.11. The second-order valence-corrected chi connectivity index (χ2v) is 9.61. The molecule has 2 aliphatic heterocycles. The highest BCUT2D eigenvalue weighted by atomic mass is 79.9. The first kappa shape index (κ1) is 16.3. The second-order valence-electron chi connectivity index (χ2n) is 5.44. The zero-order valence-electron chi connectivity index (χ0n) is 12.3. The number of thioether (sulfide) groups is 1. The van der Waals surface area contributed by atoms with E-state index in [-0.39, 0.29) is 9.18 Å². The van der Waals surface area contributed by atoms with E-state index in [9.17, 15) is 8.42 Å². The second kappa shape index (κ2) is 6.16. The first-order valence-corrected chi connectivity index (χ1v) is 10.1. The maximum atomic E-state index is 12.5. The minimum Gasteiger partial charge on any atom is -0.301 e. The van der Waals surface area contributed by atoms with E-state index in [0.717, 1.165) is 35.7 Å². The highest BCUT2D eigenvalue weighted by Crippen LogP contribution is 2.45. The maximum absolute atomic E-state index is 12.5. The molecule has 0 saturated heterocycles. The fourth-order valence-corrected chi connectivity index (χ4v) is 5.65. The van der Waals surface area contributed by atoms with Crippen LogP contribution in [-0.4, -0.2) is 42.8 Å². The summed E-state index contributed by atoms with van der Waals surface area (Å²) in [6.45, 7) is 3.63. The van der Waals surface area contributed by atoms with Crippen LogP contribution in [0.4, 0.5) is 0 Å². The zero-order chi connectivity index (χ0) is 15.9. The van der Waals surface area contributed by atoms with Gasteiger partial charge in [-0.2, -0.15) is 8.42 Å². The molecule has 2 heterocycles. The lowest BCUT2D eigenvalue weighted by Gasteiger charge is -2.27. The first-order chi connectivity index (χ1) is 10.4. The molecule has 120 valence electrons. The van der Waals surface area contributed by atoms with Crippen LogP contribution in [-0.2, 0) is 14.4 Å². The molecule has 0 radical (unpaired) electrons. The molecule has 1 atom stereocenters. The van der Waals surface area contributed by atoms with Gasteiger partial charge >= 0.3 is 10.1 Å². The Morgan fingerprint density at radius 3 is 2.68 bits per heavy atom. The summed E-state index contributed by atoms with van der Waals surface area (Å²) in [6.07, 6.45) is 0.782. The maximum Gasteiger partial charge on any atom is 0.317 e. The van der Waals surface area contributed by atoms with Crippen molar-refractivity contribution in [3.8, 4) is 0 Å². The van der Waals surface area contributed by atoms with Crippen LogP contribution in [0.1, 0.15) is 12.0 Å². The van der Waals surface area contributed by atoms with Gasteiger partial charge in [0.15, 0.2) is 4.28 Å². The Kier molecular flexibility index (Phi) is 4.57. The van der Waals surface area contributed by atoms with Gasteiger partial charge in [-0.05, 0) is 42.0 Å². The van der Waals surface area contributed by atoms with E-state index < -0.39 is 10.1 Å². The number of hydrogen-bond acceptors (Lipinski definition) is 6. The summed E-state index contributed by atoms with van der Waals surface area (Å²) >= 11 is 5.08. The Morgan fingerprint density at radius 1 is 1.32 bits per heavy atom. The average Bonchev–Trinajstić information content (AvgIpc) is 2.74. The largest absolute Gasteiger partial charge is 0.317 e. The van der Waals surface area contributed by atoms with Crippen molar-refractivity contribution in [2.75, 3.05) is 20.1 Å². The number of rotatable bonds is 3. The first-order valence-electron chi connectivity index (χ1n) is 6.88. The van der Waals surface area contributed by atoms with Gasteiger partial charge < -0.3 is 4.90 Å². The molecule has 1 aromatic rings. The highest BCUT2D eigenvalue weighted by Gasteiger charge is 2.37. The number of benzene rings is 1. The molecule has 8 heteroatoms. The molecule has 2 aliphatic rings. The Labute approximate surface area is 143 Å².